The molecule has 0 saturated carbocycles. The van der Waals surface area contributed by atoms with Crippen LogP contribution < -0.4 is 32.5 Å². The third-order valence-corrected chi connectivity index (χ3v) is 12.9. The fourth-order valence-electron chi connectivity index (χ4n) is 8.23. The van der Waals surface area contributed by atoms with Crippen molar-refractivity contribution < 1.29 is 29.9 Å². The van der Waals surface area contributed by atoms with Crippen LogP contribution in [0, 0.1) is 5.92 Å². The van der Waals surface area contributed by atoms with Crippen molar-refractivity contribution in [2.75, 3.05) is 56.2 Å². The van der Waals surface area contributed by atoms with Gasteiger partial charge in [0.1, 0.15) is 0 Å². The molecule has 4 heterocycles. The summed E-state index contributed by atoms with van der Waals surface area (Å²) >= 11 is 5.81. The first-order valence-corrected chi connectivity index (χ1v) is 19.2. The molecule has 9 heteroatoms. The summed E-state index contributed by atoms with van der Waals surface area (Å²) in [6.07, 6.45) is 12.3. The van der Waals surface area contributed by atoms with Gasteiger partial charge in [0.25, 0.3) is 0 Å². The van der Waals surface area contributed by atoms with E-state index in [-0.39, 0.29) is 28.8 Å². The number of nitrogens with one attached hydrogen (secondary N) is 2. The third-order valence-electron chi connectivity index (χ3n) is 10.6. The average Bonchev–Trinajstić information content (AvgIpc) is 3.09. The van der Waals surface area contributed by atoms with Gasteiger partial charge in [-0.25, -0.2) is 8.42 Å². The average molecular weight is 720 g/mol. The Morgan fingerprint density at radius 1 is 1.00 bits per heavy atom. The van der Waals surface area contributed by atoms with Crippen molar-refractivity contribution in [3.05, 3.63) is 53.6 Å². The summed E-state index contributed by atoms with van der Waals surface area (Å²) in [4.78, 5) is 3.36. The highest BCUT2D eigenvalue weighted by atomic mass is 79.9. The van der Waals surface area contributed by atoms with Gasteiger partial charge in [-0.2, -0.15) is 0 Å². The van der Waals surface area contributed by atoms with Gasteiger partial charge in [-0.1, -0.05) is 51.0 Å². The van der Waals surface area contributed by atoms with E-state index in [1.54, 1.807) is 0 Å². The van der Waals surface area contributed by atoms with E-state index in [1.807, 2.05) is 31.1 Å². The summed E-state index contributed by atoms with van der Waals surface area (Å²) in [6, 6.07) is 14.0. The molecule has 2 bridgehead atoms. The smallest absolute Gasteiger partial charge is 0.180 e. The van der Waals surface area contributed by atoms with E-state index in [9.17, 15) is 8.42 Å². The number of sulfone groups is 1. The Labute approximate surface area is 289 Å². The molecule has 250 valence electrons. The van der Waals surface area contributed by atoms with Crippen molar-refractivity contribution >= 4 is 38.4 Å². The lowest BCUT2D eigenvalue weighted by Gasteiger charge is -2.49. The molecule has 4 aliphatic rings. The number of hydrogen-bond acceptors (Lipinski definition) is 5. The second-order valence-electron chi connectivity index (χ2n) is 14.2. The van der Waals surface area contributed by atoms with Crippen molar-refractivity contribution in [3.8, 4) is 0 Å². The van der Waals surface area contributed by atoms with Crippen LogP contribution in [0.1, 0.15) is 102 Å². The molecule has 0 amide bonds. The number of quaternary nitrogens is 1. The predicted octanol–water partition coefficient (Wildman–Crippen LogP) is 4.49. The van der Waals surface area contributed by atoms with E-state index < -0.39 is 15.4 Å². The number of fused-ring (bicyclic) bond motifs is 4. The van der Waals surface area contributed by atoms with Gasteiger partial charge >= 0.3 is 0 Å². The maximum Gasteiger partial charge on any atom is 0.180 e. The molecule has 0 radical (unpaired) electrons. The lowest BCUT2D eigenvalue weighted by Crippen LogP contribution is -3.00. The minimum atomic E-state index is -3.49. The fourth-order valence-corrected chi connectivity index (χ4v) is 10.6. The van der Waals surface area contributed by atoms with E-state index >= 15 is 0 Å². The highest BCUT2D eigenvalue weighted by Gasteiger charge is 2.42. The van der Waals surface area contributed by atoms with Gasteiger partial charge in [-0.3, -0.25) is 5.32 Å². The lowest BCUT2D eigenvalue weighted by atomic mass is 9.85. The van der Waals surface area contributed by atoms with Gasteiger partial charge in [-0.15, -0.1) is 0 Å². The SMILES string of the molecule is CCCC1(CCC)CS(=O)(=O)c2ccc(N(C)C)cc2C(c2cccc(NC(=S)CCCCC[N+]34CCC(CC3)CC4)c2)N1.[Br-]. The van der Waals surface area contributed by atoms with Crippen molar-refractivity contribution in [2.24, 2.45) is 5.92 Å². The van der Waals surface area contributed by atoms with Crippen LogP contribution in [0.2, 0.25) is 0 Å². The van der Waals surface area contributed by atoms with Crippen LogP contribution in [0.15, 0.2) is 47.4 Å². The van der Waals surface area contributed by atoms with Crippen LogP contribution in [-0.2, 0) is 9.84 Å². The molecule has 2 N–H and O–H groups in total. The largest absolute Gasteiger partial charge is 1.00 e. The zero-order chi connectivity index (χ0) is 31.4. The van der Waals surface area contributed by atoms with Crippen molar-refractivity contribution in [1.29, 1.82) is 0 Å². The van der Waals surface area contributed by atoms with Crippen LogP contribution in [0.4, 0.5) is 11.4 Å². The number of anilines is 2. The minimum absolute atomic E-state index is 0. The summed E-state index contributed by atoms with van der Waals surface area (Å²) in [5, 5.41) is 7.45. The molecule has 2 aromatic carbocycles. The molecule has 6 nitrogen and oxygen atoms in total. The first-order valence-electron chi connectivity index (χ1n) is 17.1. The van der Waals surface area contributed by atoms with Gasteiger partial charge in [0, 0.05) is 31.0 Å². The Morgan fingerprint density at radius 3 is 2.33 bits per heavy atom. The van der Waals surface area contributed by atoms with Gasteiger partial charge < -0.3 is 31.7 Å². The Morgan fingerprint density at radius 2 is 1.69 bits per heavy atom. The van der Waals surface area contributed by atoms with E-state index in [4.69, 9.17) is 12.2 Å². The molecular formula is C36H55BrN4O2S2. The molecule has 3 fully saturated rings. The van der Waals surface area contributed by atoms with Crippen LogP contribution in [0.3, 0.4) is 0 Å². The monoisotopic (exact) mass is 718 g/mol. The lowest BCUT2D eigenvalue weighted by molar-refractivity contribution is -0.942. The number of halogens is 1. The second-order valence-corrected chi connectivity index (χ2v) is 16.6. The number of nitrogens with zero attached hydrogens (tertiary/aromatic N) is 2. The molecular weight excluding hydrogens is 664 g/mol. The van der Waals surface area contributed by atoms with Crippen LogP contribution in [-0.4, -0.2) is 69.5 Å². The van der Waals surface area contributed by atoms with E-state index in [0.29, 0.717) is 4.90 Å². The second kappa shape index (κ2) is 15.6. The number of hydrogen-bond donors (Lipinski definition) is 2. The molecule has 45 heavy (non-hydrogen) atoms. The number of benzene rings is 2. The van der Waals surface area contributed by atoms with Crippen LogP contribution in [0.5, 0.6) is 0 Å². The standard InChI is InChI=1S/C36H54N4O2S2.BrH/c1-5-19-36(20-6-2)27-44(41,42)33-15-14-31(39(3)4)26-32(33)35(38-36)29-11-10-12-30(25-29)37-34(43)13-8-7-9-21-40-22-16-28(17-23-40)18-24-40;/h10-12,14-15,25-26,28,35,38H,5-9,13,16-24,27H2,1-4H3;1H. The van der Waals surface area contributed by atoms with Gasteiger partial charge in [0.15, 0.2) is 9.84 Å². The van der Waals surface area contributed by atoms with Crippen LogP contribution >= 0.6 is 12.2 Å². The van der Waals surface area contributed by atoms with Gasteiger partial charge in [0.05, 0.1) is 47.9 Å². The molecule has 0 aromatic heterocycles. The van der Waals surface area contributed by atoms with Crippen molar-refractivity contribution in [2.45, 2.75) is 101 Å². The minimum Gasteiger partial charge on any atom is -1.00 e. The topological polar surface area (TPSA) is 61.4 Å². The zero-order valence-electron chi connectivity index (χ0n) is 27.9. The molecule has 4 aliphatic heterocycles. The van der Waals surface area contributed by atoms with Crippen molar-refractivity contribution in [1.82, 2.24) is 5.32 Å². The number of piperidine rings is 3. The van der Waals surface area contributed by atoms with E-state index in [1.165, 1.54) is 62.8 Å². The molecule has 6 rings (SSSR count). The Hall–Kier alpha value is -1.52. The normalized spacial score (nSPS) is 24.6. The Bertz CT molecular complexity index is 1390. The molecule has 3 saturated heterocycles. The first kappa shape index (κ1) is 36.3. The number of rotatable bonds is 13. The quantitative estimate of drug-likeness (QED) is 0.181. The number of thiocarbonyl (C=S) groups is 1. The van der Waals surface area contributed by atoms with Crippen LogP contribution in [0.25, 0.3) is 0 Å². The summed E-state index contributed by atoms with van der Waals surface area (Å²) in [5.41, 5.74) is 3.36. The maximum atomic E-state index is 13.9. The van der Waals surface area contributed by atoms with E-state index in [2.05, 4.69) is 54.8 Å². The Kier molecular flexibility index (Phi) is 12.6. The highest BCUT2D eigenvalue weighted by molar-refractivity contribution is 7.91. The molecule has 2 aromatic rings. The molecule has 1 unspecified atom stereocenters. The molecule has 1 atom stereocenters. The predicted molar refractivity (Wildman–Crippen MR) is 189 cm³/mol. The highest BCUT2D eigenvalue weighted by Crippen LogP contribution is 2.40. The Balaban J connectivity index is 0.00000461. The summed E-state index contributed by atoms with van der Waals surface area (Å²) in [6.45, 7) is 9.85. The van der Waals surface area contributed by atoms with E-state index in [0.717, 1.165) is 71.9 Å². The van der Waals surface area contributed by atoms with Crippen molar-refractivity contribution in [3.63, 3.8) is 0 Å². The summed E-state index contributed by atoms with van der Waals surface area (Å²) in [5.74, 6) is 1.14. The first-order chi connectivity index (χ1) is 21.1. The maximum absolute atomic E-state index is 13.9. The summed E-state index contributed by atoms with van der Waals surface area (Å²) < 4.78 is 29.2. The van der Waals surface area contributed by atoms with Gasteiger partial charge in [-0.05, 0) is 105 Å². The fraction of sp³-hybridized carbons (Fsp3) is 0.639. The third kappa shape index (κ3) is 8.69. The zero-order valence-corrected chi connectivity index (χ0v) is 31.1. The van der Waals surface area contributed by atoms with Gasteiger partial charge in [0.2, 0.25) is 0 Å². The molecule has 0 spiro atoms. The molecule has 0 aliphatic carbocycles. The summed E-state index contributed by atoms with van der Waals surface area (Å²) in [7, 11) is 0.509. The number of unbranched alkanes of at least 4 members (excludes halogenated alkanes) is 2.